The maximum atomic E-state index is 12.8. The van der Waals surface area contributed by atoms with Crippen molar-refractivity contribution in [2.24, 2.45) is 0 Å². The molecule has 1 aromatic carbocycles. The summed E-state index contributed by atoms with van der Waals surface area (Å²) in [7, 11) is 4.77. The van der Waals surface area contributed by atoms with Gasteiger partial charge >= 0.3 is 0 Å². The summed E-state index contributed by atoms with van der Waals surface area (Å²) < 4.78 is 16.2. The lowest BCUT2D eigenvalue weighted by Gasteiger charge is -2.44. The van der Waals surface area contributed by atoms with Crippen molar-refractivity contribution in [1.29, 1.82) is 0 Å². The van der Waals surface area contributed by atoms with Gasteiger partial charge in [-0.15, -0.1) is 11.6 Å². The number of aryl methyl sites for hydroxylation is 1. The van der Waals surface area contributed by atoms with Gasteiger partial charge in [0.05, 0.1) is 26.7 Å². The van der Waals surface area contributed by atoms with E-state index in [-0.39, 0.29) is 22.9 Å². The Morgan fingerprint density at radius 2 is 1.62 bits per heavy atom. The first-order valence-corrected chi connectivity index (χ1v) is 12.4. The molecule has 1 heterocycles. The van der Waals surface area contributed by atoms with Crippen molar-refractivity contribution in [3.63, 3.8) is 0 Å². The number of carbonyl (C=O) groups excluding carboxylic acids is 1. The van der Waals surface area contributed by atoms with Gasteiger partial charge in [0.15, 0.2) is 11.5 Å². The lowest BCUT2D eigenvalue weighted by Crippen LogP contribution is -2.61. The number of benzene rings is 1. The van der Waals surface area contributed by atoms with Crippen LogP contribution in [-0.4, -0.2) is 50.7 Å². The first-order valence-electron chi connectivity index (χ1n) is 12.0. The van der Waals surface area contributed by atoms with Gasteiger partial charge in [-0.25, -0.2) is 0 Å². The minimum atomic E-state index is -0.0848. The zero-order valence-corrected chi connectivity index (χ0v) is 20.6. The van der Waals surface area contributed by atoms with Crippen LogP contribution in [0.2, 0.25) is 0 Å². The van der Waals surface area contributed by atoms with E-state index in [4.69, 9.17) is 25.8 Å². The maximum absolute atomic E-state index is 12.8. The summed E-state index contributed by atoms with van der Waals surface area (Å²) in [4.78, 5) is 12.8. The molecule has 0 aromatic heterocycles. The number of methoxy groups -OCH3 is 3. The Morgan fingerprint density at radius 3 is 2.19 bits per heavy atom. The average molecular weight is 467 g/mol. The monoisotopic (exact) mass is 466 g/mol. The largest absolute Gasteiger partial charge is 0.493 e. The van der Waals surface area contributed by atoms with Crippen LogP contribution < -0.4 is 24.8 Å². The molecule has 2 N–H and O–H groups in total. The molecule has 1 aromatic rings. The predicted molar refractivity (Wildman–Crippen MR) is 128 cm³/mol. The molecule has 2 unspecified atom stereocenters. The molecule has 2 fully saturated rings. The van der Waals surface area contributed by atoms with Gasteiger partial charge < -0.3 is 24.8 Å². The molecule has 0 radical (unpaired) electrons. The van der Waals surface area contributed by atoms with Crippen molar-refractivity contribution in [2.75, 3.05) is 27.9 Å². The lowest BCUT2D eigenvalue weighted by molar-refractivity contribution is -0.122. The summed E-state index contributed by atoms with van der Waals surface area (Å²) in [5.41, 5.74) is 1.08. The first kappa shape index (κ1) is 25.0. The molecule has 32 heavy (non-hydrogen) atoms. The second kappa shape index (κ2) is 12.0. The molecule has 1 aliphatic carbocycles. The number of piperidine rings is 1. The Labute approximate surface area is 197 Å². The normalized spacial score (nSPS) is 23.5. The molecular weight excluding hydrogens is 428 g/mol. The molecule has 7 heteroatoms. The van der Waals surface area contributed by atoms with Gasteiger partial charge in [0.2, 0.25) is 11.7 Å². The van der Waals surface area contributed by atoms with Gasteiger partial charge in [-0.2, -0.15) is 0 Å². The van der Waals surface area contributed by atoms with E-state index in [1.54, 1.807) is 21.3 Å². The fourth-order valence-corrected chi connectivity index (χ4v) is 5.40. The van der Waals surface area contributed by atoms with Crippen molar-refractivity contribution >= 4 is 17.5 Å². The van der Waals surface area contributed by atoms with Gasteiger partial charge in [-0.05, 0) is 43.4 Å². The first-order chi connectivity index (χ1) is 15.5. The Hall–Kier alpha value is -1.66. The molecule has 1 amide bonds. The number of halogens is 1. The van der Waals surface area contributed by atoms with Crippen LogP contribution in [-0.2, 0) is 11.2 Å². The fourth-order valence-electron chi connectivity index (χ4n) is 5.18. The second-order valence-electron chi connectivity index (χ2n) is 9.21. The summed E-state index contributed by atoms with van der Waals surface area (Å²) in [5.74, 6) is 1.80. The molecule has 180 valence electrons. The van der Waals surface area contributed by atoms with Gasteiger partial charge in [0.25, 0.3) is 0 Å². The maximum Gasteiger partial charge on any atom is 0.220 e. The zero-order valence-electron chi connectivity index (χ0n) is 19.8. The lowest BCUT2D eigenvalue weighted by atomic mass is 9.78. The van der Waals surface area contributed by atoms with Crippen molar-refractivity contribution in [2.45, 2.75) is 87.6 Å². The number of nitrogens with one attached hydrogen (secondary N) is 2. The van der Waals surface area contributed by atoms with Crippen molar-refractivity contribution in [3.8, 4) is 17.2 Å². The Kier molecular flexibility index (Phi) is 9.35. The van der Waals surface area contributed by atoms with Gasteiger partial charge in [0, 0.05) is 24.5 Å². The number of carbonyl (C=O) groups is 1. The van der Waals surface area contributed by atoms with Crippen LogP contribution in [0.1, 0.15) is 69.8 Å². The quantitative estimate of drug-likeness (QED) is 0.574. The summed E-state index contributed by atoms with van der Waals surface area (Å²) >= 11 is 6.64. The van der Waals surface area contributed by atoms with Crippen LogP contribution in [0, 0.1) is 0 Å². The highest BCUT2D eigenvalue weighted by Gasteiger charge is 2.39. The third kappa shape index (κ3) is 6.44. The Balaban J connectivity index is 1.60. The van der Waals surface area contributed by atoms with E-state index in [0.29, 0.717) is 30.1 Å². The van der Waals surface area contributed by atoms with E-state index in [0.717, 1.165) is 18.5 Å². The van der Waals surface area contributed by atoms with Crippen LogP contribution in [0.5, 0.6) is 17.2 Å². The van der Waals surface area contributed by atoms with Crippen LogP contribution in [0.4, 0.5) is 0 Å². The third-order valence-electron chi connectivity index (χ3n) is 6.99. The summed E-state index contributed by atoms with van der Waals surface area (Å²) in [6.07, 6.45) is 12.0. The van der Waals surface area contributed by atoms with E-state index in [1.165, 1.54) is 51.4 Å². The SMILES string of the molecule is COc1cc(CCC(=O)NC2CC3(CCCCCCCC3)NCC2Cl)cc(OC)c1OC. The van der Waals surface area contributed by atoms with E-state index in [9.17, 15) is 4.79 Å². The molecule has 2 aliphatic rings. The molecule has 0 bridgehead atoms. The molecule has 2 atom stereocenters. The van der Waals surface area contributed by atoms with Crippen LogP contribution >= 0.6 is 11.6 Å². The van der Waals surface area contributed by atoms with Crippen LogP contribution in [0.15, 0.2) is 12.1 Å². The highest BCUT2D eigenvalue weighted by atomic mass is 35.5. The minimum Gasteiger partial charge on any atom is -0.493 e. The van der Waals surface area contributed by atoms with E-state index >= 15 is 0 Å². The highest BCUT2D eigenvalue weighted by Crippen LogP contribution is 2.38. The Bertz CT molecular complexity index is 722. The number of hydrogen-bond donors (Lipinski definition) is 2. The smallest absolute Gasteiger partial charge is 0.220 e. The van der Waals surface area contributed by atoms with Crippen molar-refractivity contribution in [1.82, 2.24) is 10.6 Å². The number of ether oxygens (including phenoxy) is 3. The highest BCUT2D eigenvalue weighted by molar-refractivity contribution is 6.21. The number of hydrogen-bond acceptors (Lipinski definition) is 5. The number of rotatable bonds is 7. The topological polar surface area (TPSA) is 68.8 Å². The standard InChI is InChI=1S/C25H39ClN2O4/c1-30-21-14-18(15-22(31-2)24(21)32-3)10-11-23(29)28-20-16-25(27-17-19(20)26)12-8-6-4-5-7-9-13-25/h14-15,19-20,27H,4-13,16-17H2,1-3H3,(H,28,29). The molecule has 1 saturated carbocycles. The van der Waals surface area contributed by atoms with Crippen LogP contribution in [0.3, 0.4) is 0 Å². The molecular formula is C25H39ClN2O4. The summed E-state index contributed by atoms with van der Waals surface area (Å²) in [6.45, 7) is 0.749. The van der Waals surface area contributed by atoms with Gasteiger partial charge in [-0.3, -0.25) is 4.79 Å². The average Bonchev–Trinajstić information content (AvgIpc) is 2.91. The zero-order chi connectivity index (χ0) is 23.0. The molecule has 6 nitrogen and oxygen atoms in total. The van der Waals surface area contributed by atoms with Gasteiger partial charge in [0.1, 0.15) is 0 Å². The summed E-state index contributed by atoms with van der Waals surface area (Å²) in [5, 5.41) is 6.91. The van der Waals surface area contributed by atoms with Crippen molar-refractivity contribution < 1.29 is 19.0 Å². The van der Waals surface area contributed by atoms with E-state index in [2.05, 4.69) is 10.6 Å². The molecule has 3 rings (SSSR count). The predicted octanol–water partition coefficient (Wildman–Crippen LogP) is 4.60. The van der Waals surface area contributed by atoms with Gasteiger partial charge in [-0.1, -0.05) is 38.5 Å². The molecule has 1 spiro atoms. The fraction of sp³-hybridized carbons (Fsp3) is 0.720. The Morgan fingerprint density at radius 1 is 1.03 bits per heavy atom. The van der Waals surface area contributed by atoms with Crippen LogP contribution in [0.25, 0.3) is 0 Å². The molecule has 1 saturated heterocycles. The molecule has 1 aliphatic heterocycles. The van der Waals surface area contributed by atoms with E-state index in [1.807, 2.05) is 12.1 Å². The number of amides is 1. The third-order valence-corrected chi connectivity index (χ3v) is 7.45. The summed E-state index contributed by atoms with van der Waals surface area (Å²) in [6, 6.07) is 3.80. The second-order valence-corrected chi connectivity index (χ2v) is 9.77. The minimum absolute atomic E-state index is 0.00566. The van der Waals surface area contributed by atoms with Crippen molar-refractivity contribution in [3.05, 3.63) is 17.7 Å². The number of alkyl halides is 1. The van der Waals surface area contributed by atoms with E-state index < -0.39 is 0 Å².